The normalized spacial score (nSPS) is 12.4. The molecule has 0 heterocycles. The number of para-hydroxylation sites is 1. The van der Waals surface area contributed by atoms with Crippen molar-refractivity contribution in [2.24, 2.45) is 0 Å². The minimum absolute atomic E-state index is 0.352. The van der Waals surface area contributed by atoms with Crippen LogP contribution in [0.15, 0.2) is 24.3 Å². The quantitative estimate of drug-likeness (QED) is 0.692. The lowest BCUT2D eigenvalue weighted by Crippen LogP contribution is -2.33. The number of likely N-dealkylation sites (N-methyl/N-ethyl adjacent to an activating group) is 1. The Hall–Kier alpha value is -1.10. The second-order valence-corrected chi connectivity index (χ2v) is 4.71. The average molecular weight is 266 g/mol. The molecular formula is C15H26N2O2. The van der Waals surface area contributed by atoms with E-state index >= 15 is 0 Å². The summed E-state index contributed by atoms with van der Waals surface area (Å²) in [5, 5.41) is 3.39. The number of hydrogen-bond acceptors (Lipinski definition) is 4. The summed E-state index contributed by atoms with van der Waals surface area (Å²) in [5.41, 5.74) is 2.54. The third kappa shape index (κ3) is 5.19. The van der Waals surface area contributed by atoms with Crippen LogP contribution in [0.3, 0.4) is 0 Å². The highest BCUT2D eigenvalue weighted by Gasteiger charge is 2.12. The van der Waals surface area contributed by atoms with Crippen LogP contribution in [0.1, 0.15) is 12.5 Å². The van der Waals surface area contributed by atoms with Gasteiger partial charge in [-0.25, -0.2) is 0 Å². The number of rotatable bonds is 9. The zero-order chi connectivity index (χ0) is 14.1. The summed E-state index contributed by atoms with van der Waals surface area (Å²) in [6.45, 7) is 5.34. The fourth-order valence-corrected chi connectivity index (χ4v) is 1.99. The lowest BCUT2D eigenvalue weighted by molar-refractivity contribution is 0.183. The number of nitrogens with one attached hydrogen (secondary N) is 1. The zero-order valence-electron chi connectivity index (χ0n) is 12.5. The van der Waals surface area contributed by atoms with Crippen LogP contribution in [0, 0.1) is 0 Å². The van der Waals surface area contributed by atoms with Gasteiger partial charge in [0, 0.05) is 46.1 Å². The van der Waals surface area contributed by atoms with Gasteiger partial charge < -0.3 is 19.7 Å². The van der Waals surface area contributed by atoms with Crippen LogP contribution in [-0.4, -0.2) is 47.1 Å². The molecule has 0 saturated heterocycles. The number of methoxy groups -OCH3 is 2. The molecular weight excluding hydrogens is 240 g/mol. The van der Waals surface area contributed by atoms with Gasteiger partial charge >= 0.3 is 0 Å². The Morgan fingerprint density at radius 1 is 1.21 bits per heavy atom. The Morgan fingerprint density at radius 2 is 1.95 bits per heavy atom. The van der Waals surface area contributed by atoms with E-state index in [1.807, 2.05) is 0 Å². The summed E-state index contributed by atoms with van der Waals surface area (Å²) in [6.07, 6.45) is 0. The molecule has 1 atom stereocenters. The molecule has 4 heteroatoms. The first-order chi connectivity index (χ1) is 9.20. The molecule has 1 N–H and O–H groups in total. The first-order valence-electron chi connectivity index (χ1n) is 6.70. The molecule has 0 aliphatic rings. The van der Waals surface area contributed by atoms with E-state index in [-0.39, 0.29) is 0 Å². The fourth-order valence-electron chi connectivity index (χ4n) is 1.99. The van der Waals surface area contributed by atoms with Gasteiger partial charge in [-0.2, -0.15) is 0 Å². The third-order valence-electron chi connectivity index (χ3n) is 3.24. The summed E-state index contributed by atoms with van der Waals surface area (Å²) in [7, 11) is 5.57. The monoisotopic (exact) mass is 266 g/mol. The van der Waals surface area contributed by atoms with E-state index in [9.17, 15) is 0 Å². The standard InChI is InChI=1S/C15H26N2O2/c1-13(12-19-4)17(2)15-8-6-5-7-14(15)11-16-9-10-18-3/h5-8,13,16H,9-12H2,1-4H3. The lowest BCUT2D eigenvalue weighted by Gasteiger charge is -2.28. The topological polar surface area (TPSA) is 33.7 Å². The van der Waals surface area contributed by atoms with Crippen LogP contribution in [0.2, 0.25) is 0 Å². The van der Waals surface area contributed by atoms with Gasteiger partial charge in [0.2, 0.25) is 0 Å². The summed E-state index contributed by atoms with van der Waals surface area (Å²) < 4.78 is 10.3. The Balaban J connectivity index is 2.66. The number of hydrogen-bond donors (Lipinski definition) is 1. The zero-order valence-corrected chi connectivity index (χ0v) is 12.5. The van der Waals surface area contributed by atoms with Gasteiger partial charge in [0.25, 0.3) is 0 Å². The van der Waals surface area contributed by atoms with Crippen LogP contribution in [0.25, 0.3) is 0 Å². The summed E-state index contributed by atoms with van der Waals surface area (Å²) in [4.78, 5) is 2.26. The minimum Gasteiger partial charge on any atom is -0.383 e. The van der Waals surface area contributed by atoms with Crippen molar-refractivity contribution >= 4 is 5.69 Å². The van der Waals surface area contributed by atoms with Crippen LogP contribution in [0.5, 0.6) is 0 Å². The second-order valence-electron chi connectivity index (χ2n) is 4.71. The van der Waals surface area contributed by atoms with Gasteiger partial charge in [0.15, 0.2) is 0 Å². The maximum atomic E-state index is 5.23. The molecule has 1 aromatic rings. The van der Waals surface area contributed by atoms with Crippen molar-refractivity contribution in [1.82, 2.24) is 5.32 Å². The predicted octanol–water partition coefficient (Wildman–Crippen LogP) is 1.89. The Labute approximate surface area is 116 Å². The molecule has 0 fully saturated rings. The van der Waals surface area contributed by atoms with E-state index in [4.69, 9.17) is 9.47 Å². The van der Waals surface area contributed by atoms with E-state index in [2.05, 4.69) is 48.5 Å². The molecule has 19 heavy (non-hydrogen) atoms. The molecule has 0 aliphatic heterocycles. The molecule has 0 amide bonds. The van der Waals surface area contributed by atoms with Crippen LogP contribution >= 0.6 is 0 Å². The van der Waals surface area contributed by atoms with Crippen molar-refractivity contribution in [1.29, 1.82) is 0 Å². The second kappa shape index (κ2) is 8.91. The molecule has 0 aliphatic carbocycles. The van der Waals surface area contributed by atoms with Crippen LogP contribution in [-0.2, 0) is 16.0 Å². The molecule has 0 bridgehead atoms. The molecule has 0 saturated carbocycles. The Bertz CT molecular complexity index is 358. The van der Waals surface area contributed by atoms with E-state index in [1.54, 1.807) is 14.2 Å². The van der Waals surface area contributed by atoms with Crippen molar-refractivity contribution < 1.29 is 9.47 Å². The van der Waals surface area contributed by atoms with Gasteiger partial charge in [0.05, 0.1) is 13.2 Å². The highest BCUT2D eigenvalue weighted by atomic mass is 16.5. The average Bonchev–Trinajstić information content (AvgIpc) is 2.43. The molecule has 4 nitrogen and oxygen atoms in total. The highest BCUT2D eigenvalue weighted by molar-refractivity contribution is 5.53. The number of anilines is 1. The SMILES string of the molecule is COCCNCc1ccccc1N(C)C(C)COC. The first-order valence-corrected chi connectivity index (χ1v) is 6.70. The van der Waals surface area contributed by atoms with Crippen molar-refractivity contribution in [3.8, 4) is 0 Å². The predicted molar refractivity (Wildman–Crippen MR) is 79.8 cm³/mol. The summed E-state index contributed by atoms with van der Waals surface area (Å²) in [5.74, 6) is 0. The van der Waals surface area contributed by atoms with Gasteiger partial charge in [-0.3, -0.25) is 0 Å². The molecule has 0 spiro atoms. The van der Waals surface area contributed by atoms with E-state index in [0.717, 1.165) is 26.3 Å². The van der Waals surface area contributed by atoms with Crippen molar-refractivity contribution in [3.63, 3.8) is 0 Å². The lowest BCUT2D eigenvalue weighted by atomic mass is 10.1. The molecule has 1 aromatic carbocycles. The Morgan fingerprint density at radius 3 is 2.63 bits per heavy atom. The molecule has 108 valence electrons. The van der Waals surface area contributed by atoms with Crippen molar-refractivity contribution in [3.05, 3.63) is 29.8 Å². The highest BCUT2D eigenvalue weighted by Crippen LogP contribution is 2.21. The van der Waals surface area contributed by atoms with E-state index in [1.165, 1.54) is 11.3 Å². The number of ether oxygens (including phenoxy) is 2. The molecule has 0 aromatic heterocycles. The van der Waals surface area contributed by atoms with Crippen LogP contribution in [0.4, 0.5) is 5.69 Å². The maximum Gasteiger partial charge on any atom is 0.0663 e. The minimum atomic E-state index is 0.352. The summed E-state index contributed by atoms with van der Waals surface area (Å²) >= 11 is 0. The smallest absolute Gasteiger partial charge is 0.0663 e. The largest absolute Gasteiger partial charge is 0.383 e. The van der Waals surface area contributed by atoms with Crippen molar-refractivity contribution in [2.45, 2.75) is 19.5 Å². The third-order valence-corrected chi connectivity index (χ3v) is 3.24. The van der Waals surface area contributed by atoms with Crippen molar-refractivity contribution in [2.75, 3.05) is 45.9 Å². The summed E-state index contributed by atoms with van der Waals surface area (Å²) in [6, 6.07) is 8.81. The van der Waals surface area contributed by atoms with E-state index < -0.39 is 0 Å². The Kier molecular flexibility index (Phi) is 7.48. The molecule has 1 unspecified atom stereocenters. The fraction of sp³-hybridized carbons (Fsp3) is 0.600. The first kappa shape index (κ1) is 16.0. The van der Waals surface area contributed by atoms with Gasteiger partial charge in [-0.05, 0) is 18.6 Å². The number of nitrogens with zero attached hydrogens (tertiary/aromatic N) is 1. The van der Waals surface area contributed by atoms with E-state index in [0.29, 0.717) is 6.04 Å². The van der Waals surface area contributed by atoms with Gasteiger partial charge in [0.1, 0.15) is 0 Å². The molecule has 1 rings (SSSR count). The molecule has 0 radical (unpaired) electrons. The van der Waals surface area contributed by atoms with Gasteiger partial charge in [-0.15, -0.1) is 0 Å². The van der Waals surface area contributed by atoms with Gasteiger partial charge in [-0.1, -0.05) is 18.2 Å². The maximum absolute atomic E-state index is 5.23. The number of benzene rings is 1. The van der Waals surface area contributed by atoms with Crippen LogP contribution < -0.4 is 10.2 Å².